The molecule has 3 aromatic rings. The van der Waals surface area contributed by atoms with Crippen LogP contribution in [-0.2, 0) is 4.79 Å². The summed E-state index contributed by atoms with van der Waals surface area (Å²) in [7, 11) is 2.02. The molecule has 0 saturated carbocycles. The van der Waals surface area contributed by atoms with E-state index in [9.17, 15) is 14.0 Å². The van der Waals surface area contributed by atoms with Crippen LogP contribution in [0.4, 0.5) is 27.5 Å². The van der Waals surface area contributed by atoms with Crippen LogP contribution in [0.2, 0.25) is 0 Å². The van der Waals surface area contributed by atoms with E-state index in [0.29, 0.717) is 22.8 Å². The third-order valence-corrected chi connectivity index (χ3v) is 8.90. The van der Waals surface area contributed by atoms with Crippen molar-refractivity contribution >= 4 is 62.9 Å². The lowest BCUT2D eigenvalue weighted by Gasteiger charge is -2.35. The number of rotatable bonds is 18. The van der Waals surface area contributed by atoms with Gasteiger partial charge in [0.15, 0.2) is 0 Å². The lowest BCUT2D eigenvalue weighted by Crippen LogP contribution is -2.47. The lowest BCUT2D eigenvalue weighted by molar-refractivity contribution is -0.131. The van der Waals surface area contributed by atoms with E-state index in [0.717, 1.165) is 75.8 Å². The van der Waals surface area contributed by atoms with Gasteiger partial charge in [0.1, 0.15) is 11.6 Å². The Bertz CT molecular complexity index is 1510. The molecule has 2 heterocycles. The zero-order valence-electron chi connectivity index (χ0n) is 26.3. The van der Waals surface area contributed by atoms with Gasteiger partial charge in [-0.1, -0.05) is 12.1 Å². The van der Waals surface area contributed by atoms with Crippen LogP contribution >= 0.6 is 27.9 Å². The number of primary amides is 1. The molecule has 0 spiro atoms. The van der Waals surface area contributed by atoms with Gasteiger partial charge in [0.05, 0.1) is 15.7 Å². The number of piperazine rings is 1. The first-order valence-electron chi connectivity index (χ1n) is 15.4. The Balaban J connectivity index is 1.12. The summed E-state index contributed by atoms with van der Waals surface area (Å²) in [5.41, 5.74) is 6.13. The van der Waals surface area contributed by atoms with E-state index in [2.05, 4.69) is 56.0 Å². The SMILES string of the molecule is CN(C/C=C/C(=O)O)CCCN1CCN(CCCNSc2ccc(Nc3ncc(Br)c(Nc4cccc(F)c4C(N)=O)n3)cc2)CC1. The molecule has 1 aliphatic heterocycles. The third kappa shape index (κ3) is 12.2. The highest BCUT2D eigenvalue weighted by molar-refractivity contribution is 9.10. The number of nitrogens with one attached hydrogen (secondary N) is 3. The first-order valence-corrected chi connectivity index (χ1v) is 17.0. The Labute approximate surface area is 287 Å². The molecule has 2 aromatic carbocycles. The van der Waals surface area contributed by atoms with Gasteiger partial charge in [-0.3, -0.25) is 9.52 Å². The van der Waals surface area contributed by atoms with E-state index < -0.39 is 17.7 Å². The molecule has 0 unspecified atom stereocenters. The van der Waals surface area contributed by atoms with Gasteiger partial charge >= 0.3 is 5.97 Å². The zero-order valence-corrected chi connectivity index (χ0v) is 28.7. The van der Waals surface area contributed by atoms with Crippen LogP contribution in [0.25, 0.3) is 0 Å². The monoisotopic (exact) mass is 729 g/mol. The largest absolute Gasteiger partial charge is 0.478 e. The van der Waals surface area contributed by atoms with Gasteiger partial charge in [-0.15, -0.1) is 0 Å². The molecule has 47 heavy (non-hydrogen) atoms. The number of carbonyl (C=O) groups excluding carboxylic acids is 1. The van der Waals surface area contributed by atoms with Gasteiger partial charge in [-0.05, 0) is 104 Å². The molecule has 252 valence electrons. The van der Waals surface area contributed by atoms with Crippen molar-refractivity contribution in [2.75, 3.05) is 76.6 Å². The first-order chi connectivity index (χ1) is 22.7. The predicted molar refractivity (Wildman–Crippen MR) is 188 cm³/mol. The van der Waals surface area contributed by atoms with Crippen molar-refractivity contribution in [3.8, 4) is 0 Å². The number of nitrogens with two attached hydrogens (primary N) is 1. The van der Waals surface area contributed by atoms with Gasteiger partial charge < -0.3 is 36.2 Å². The Morgan fingerprint density at radius 2 is 1.79 bits per heavy atom. The minimum atomic E-state index is -0.903. The maximum absolute atomic E-state index is 14.2. The zero-order chi connectivity index (χ0) is 33.6. The Hall–Kier alpha value is -3.60. The second-order valence-electron chi connectivity index (χ2n) is 11.1. The molecular weight excluding hydrogens is 689 g/mol. The fourth-order valence-corrected chi connectivity index (χ4v) is 5.97. The quantitative estimate of drug-likeness (QED) is 0.0711. The Kier molecular flexibility index (Phi) is 14.4. The molecule has 1 amide bonds. The van der Waals surface area contributed by atoms with Crippen LogP contribution in [-0.4, -0.2) is 108 Å². The van der Waals surface area contributed by atoms with Gasteiger partial charge in [0.2, 0.25) is 5.95 Å². The summed E-state index contributed by atoms with van der Waals surface area (Å²) in [6.07, 6.45) is 6.58. The standard InChI is InChI=1S/C32H41BrFN9O3S/c1-41(14-3-8-28(44)45)15-5-17-43-20-18-42(19-21-43)16-4-13-37-47-24-11-9-23(10-12-24)38-32-36-22-25(33)31(40-32)39-27-7-2-6-26(34)29(27)30(35)46/h2-3,6-12,22,37H,4-5,13-21H2,1H3,(H2,35,46)(H,44,45)(H2,36,38,39,40)/b8-3+. The minimum absolute atomic E-state index is 0.206. The molecule has 12 nitrogen and oxygen atoms in total. The first kappa shape index (κ1) is 36.2. The number of halogens is 2. The maximum atomic E-state index is 14.2. The minimum Gasteiger partial charge on any atom is -0.478 e. The molecule has 6 N–H and O–H groups in total. The fourth-order valence-electron chi connectivity index (χ4n) is 4.99. The van der Waals surface area contributed by atoms with Crippen molar-refractivity contribution in [3.05, 3.63) is 76.7 Å². The van der Waals surface area contributed by atoms with Gasteiger partial charge in [0.25, 0.3) is 5.91 Å². The number of aromatic nitrogens is 2. The Morgan fingerprint density at radius 1 is 1.09 bits per heavy atom. The van der Waals surface area contributed by atoms with Crippen LogP contribution in [0.15, 0.2) is 70.2 Å². The van der Waals surface area contributed by atoms with Crippen molar-refractivity contribution in [2.24, 2.45) is 5.73 Å². The molecule has 15 heteroatoms. The van der Waals surface area contributed by atoms with Crippen molar-refractivity contribution in [2.45, 2.75) is 17.7 Å². The van der Waals surface area contributed by atoms with Crippen LogP contribution in [0, 0.1) is 5.82 Å². The summed E-state index contributed by atoms with van der Waals surface area (Å²) in [5, 5.41) is 14.8. The highest BCUT2D eigenvalue weighted by Crippen LogP contribution is 2.28. The van der Waals surface area contributed by atoms with Gasteiger partial charge in [-0.25, -0.2) is 14.2 Å². The molecule has 1 aromatic heterocycles. The van der Waals surface area contributed by atoms with E-state index >= 15 is 0 Å². The predicted octanol–water partition coefficient (Wildman–Crippen LogP) is 4.53. The smallest absolute Gasteiger partial charge is 0.328 e. The lowest BCUT2D eigenvalue weighted by atomic mass is 10.1. The summed E-state index contributed by atoms with van der Waals surface area (Å²) >= 11 is 4.98. The highest BCUT2D eigenvalue weighted by atomic mass is 79.9. The molecule has 1 saturated heterocycles. The van der Waals surface area contributed by atoms with Crippen LogP contribution in [0.5, 0.6) is 0 Å². The number of nitrogens with zero attached hydrogens (tertiary/aromatic N) is 5. The number of benzene rings is 2. The van der Waals surface area contributed by atoms with E-state index in [1.807, 2.05) is 31.3 Å². The van der Waals surface area contributed by atoms with Gasteiger partial charge in [0, 0.05) is 62.1 Å². The summed E-state index contributed by atoms with van der Waals surface area (Å²) in [6.45, 7) is 8.96. The molecule has 0 radical (unpaired) electrons. The number of carboxylic acid groups (broad SMARTS) is 1. The van der Waals surface area contributed by atoms with E-state index in [1.165, 1.54) is 18.2 Å². The molecule has 0 atom stereocenters. The number of carbonyl (C=O) groups is 2. The van der Waals surface area contributed by atoms with E-state index in [-0.39, 0.29) is 11.3 Å². The average Bonchev–Trinajstić information content (AvgIpc) is 3.03. The second-order valence-corrected chi connectivity index (χ2v) is 12.9. The van der Waals surface area contributed by atoms with Gasteiger partial charge in [-0.2, -0.15) is 4.98 Å². The Morgan fingerprint density at radius 3 is 2.47 bits per heavy atom. The third-order valence-electron chi connectivity index (χ3n) is 7.47. The molecular formula is C32H41BrFN9O3S. The molecule has 1 fully saturated rings. The van der Waals surface area contributed by atoms with Crippen molar-refractivity contribution in [3.63, 3.8) is 0 Å². The molecule has 0 bridgehead atoms. The number of hydrogen-bond donors (Lipinski definition) is 5. The van der Waals surface area contributed by atoms with E-state index in [4.69, 9.17) is 10.8 Å². The number of hydrogen-bond acceptors (Lipinski definition) is 11. The normalized spacial score (nSPS) is 14.1. The summed E-state index contributed by atoms with van der Waals surface area (Å²) in [4.78, 5) is 39.4. The number of likely N-dealkylation sites (N-methyl/N-ethyl adjacent to an activating group) is 1. The number of aliphatic carboxylic acids is 1. The molecule has 4 rings (SSSR count). The number of carboxylic acids is 1. The van der Waals surface area contributed by atoms with Crippen LogP contribution < -0.4 is 21.1 Å². The average molecular weight is 731 g/mol. The van der Waals surface area contributed by atoms with E-state index in [1.54, 1.807) is 30.3 Å². The number of amides is 1. The summed E-state index contributed by atoms with van der Waals surface area (Å²) in [5.74, 6) is -1.83. The number of anilines is 4. The van der Waals surface area contributed by atoms with Crippen molar-refractivity contribution in [1.29, 1.82) is 0 Å². The van der Waals surface area contributed by atoms with Crippen molar-refractivity contribution in [1.82, 2.24) is 29.4 Å². The second kappa shape index (κ2) is 18.7. The summed E-state index contributed by atoms with van der Waals surface area (Å²) < 4.78 is 18.2. The topological polar surface area (TPSA) is 152 Å². The highest BCUT2D eigenvalue weighted by Gasteiger charge is 2.17. The fraction of sp³-hybridized carbons (Fsp3) is 0.375. The molecule has 0 aliphatic carbocycles. The van der Waals surface area contributed by atoms with Crippen molar-refractivity contribution < 1.29 is 19.1 Å². The maximum Gasteiger partial charge on any atom is 0.328 e. The van der Waals surface area contributed by atoms with Crippen LogP contribution in [0.3, 0.4) is 0 Å². The van der Waals surface area contributed by atoms with Crippen LogP contribution in [0.1, 0.15) is 23.2 Å². The summed E-state index contributed by atoms with van der Waals surface area (Å²) in [6, 6.07) is 12.1. The molecule has 1 aliphatic rings.